The van der Waals surface area contributed by atoms with Crippen LogP contribution in [0.3, 0.4) is 0 Å². The highest BCUT2D eigenvalue weighted by Gasteiger charge is 2.35. The second-order valence-electron chi connectivity index (χ2n) is 11.7. The number of methoxy groups -OCH3 is 1. The minimum atomic E-state index is -2.83. The zero-order valence-corrected chi connectivity index (χ0v) is 27.4. The third-order valence-corrected chi connectivity index (χ3v) is 8.55. The van der Waals surface area contributed by atoms with Gasteiger partial charge in [-0.2, -0.15) is 0 Å². The summed E-state index contributed by atoms with van der Waals surface area (Å²) in [6, 6.07) is 2.79. The van der Waals surface area contributed by atoms with Crippen LogP contribution in [0.1, 0.15) is 89.7 Å². The number of aromatic nitrogens is 2. The molecule has 2 aromatic heterocycles. The van der Waals surface area contributed by atoms with Crippen LogP contribution in [-0.4, -0.2) is 46.2 Å². The average Bonchev–Trinajstić information content (AvgIpc) is 3.83. The Hall–Kier alpha value is -3.27. The van der Waals surface area contributed by atoms with Crippen LogP contribution in [-0.2, 0) is 4.79 Å². The summed E-state index contributed by atoms with van der Waals surface area (Å²) in [4.78, 5) is 36.7. The summed E-state index contributed by atoms with van der Waals surface area (Å²) >= 11 is 1.33. The number of ether oxygens (including phenoxy) is 1. The Balaban J connectivity index is 0.00000259. The summed E-state index contributed by atoms with van der Waals surface area (Å²) in [7, 11) is 1.40. The molecule has 1 aliphatic heterocycles. The number of carbonyl (C=O) groups excluding carboxylic acids is 2. The van der Waals surface area contributed by atoms with Gasteiger partial charge in [0, 0.05) is 36.2 Å². The molecule has 2 fully saturated rings. The van der Waals surface area contributed by atoms with E-state index in [1.54, 1.807) is 17.9 Å². The van der Waals surface area contributed by atoms with Crippen LogP contribution in [0.2, 0.25) is 0 Å². The third kappa shape index (κ3) is 9.13. The van der Waals surface area contributed by atoms with E-state index in [1.807, 2.05) is 13.8 Å². The van der Waals surface area contributed by atoms with Crippen molar-refractivity contribution in [2.24, 2.45) is 23.1 Å². The van der Waals surface area contributed by atoms with Gasteiger partial charge >= 0.3 is 0 Å². The van der Waals surface area contributed by atoms with Crippen LogP contribution < -0.4 is 26.2 Å². The highest BCUT2D eigenvalue weighted by molar-refractivity contribution is 8.00. The Bertz CT molecular complexity index is 1370. The molecule has 0 aromatic carbocycles. The number of hydrogen-bond acceptors (Lipinski definition) is 8. The molecule has 2 aromatic rings. The van der Waals surface area contributed by atoms with Crippen molar-refractivity contribution >= 4 is 29.4 Å². The molecule has 3 atom stereocenters. The number of hydrazine groups is 1. The second kappa shape index (κ2) is 15.6. The van der Waals surface area contributed by atoms with Gasteiger partial charge in [-0.3, -0.25) is 25.3 Å². The number of anilines is 1. The number of nitrogens with one attached hydrogen (secondary N) is 2. The van der Waals surface area contributed by atoms with Crippen molar-refractivity contribution in [3.63, 3.8) is 0 Å². The number of halogens is 2. The number of hydrogen-bond donors (Lipinski definition) is 3. The number of amides is 2. The van der Waals surface area contributed by atoms with Crippen molar-refractivity contribution in [2.75, 3.05) is 18.6 Å². The summed E-state index contributed by atoms with van der Waals surface area (Å²) in [6.07, 6.45) is 3.06. The van der Waals surface area contributed by atoms with E-state index in [0.717, 1.165) is 19.3 Å². The first-order valence-electron chi connectivity index (χ1n) is 15.0. The Morgan fingerprint density at radius 1 is 1.16 bits per heavy atom. The topological polar surface area (TPSA) is 122 Å². The molecule has 240 valence electrons. The van der Waals surface area contributed by atoms with Crippen molar-refractivity contribution in [3.05, 3.63) is 35.8 Å². The van der Waals surface area contributed by atoms with Crippen molar-refractivity contribution in [2.45, 2.75) is 84.4 Å². The fourth-order valence-electron chi connectivity index (χ4n) is 4.80. The average molecular weight is 631 g/mol. The predicted molar refractivity (Wildman–Crippen MR) is 171 cm³/mol. The lowest BCUT2D eigenvalue weighted by Gasteiger charge is -2.38. The quantitative estimate of drug-likeness (QED) is 0.135. The lowest BCUT2D eigenvalue weighted by atomic mass is 9.75. The molecular weight excluding hydrogens is 586 g/mol. The molecule has 1 saturated heterocycles. The van der Waals surface area contributed by atoms with Gasteiger partial charge < -0.3 is 10.1 Å². The molecular formula is C32H44F2N6O3S. The molecule has 2 amide bonds. The summed E-state index contributed by atoms with van der Waals surface area (Å²) < 4.78 is 32.8. The zero-order chi connectivity index (χ0) is 32.6. The van der Waals surface area contributed by atoms with E-state index >= 15 is 0 Å². The first kappa shape index (κ1) is 35.2. The van der Waals surface area contributed by atoms with Gasteiger partial charge in [0.25, 0.3) is 12.3 Å². The Morgan fingerprint density at radius 2 is 1.86 bits per heavy atom. The van der Waals surface area contributed by atoms with Crippen LogP contribution >= 0.6 is 11.8 Å². The van der Waals surface area contributed by atoms with E-state index in [2.05, 4.69) is 53.3 Å². The smallest absolute Gasteiger partial charge is 0.280 e. The van der Waals surface area contributed by atoms with E-state index < -0.39 is 28.8 Å². The van der Waals surface area contributed by atoms with Crippen molar-refractivity contribution in [1.82, 2.24) is 20.7 Å². The van der Waals surface area contributed by atoms with Crippen LogP contribution in [0.4, 0.5) is 14.6 Å². The second-order valence-corrected chi connectivity index (χ2v) is 13.1. The monoisotopic (exact) mass is 630 g/mol. The summed E-state index contributed by atoms with van der Waals surface area (Å²) in [5.74, 6) is 12.5. The molecule has 1 saturated carbocycles. The number of nitrogens with zero attached hydrogens (tertiary/aromatic N) is 3. The Kier molecular flexibility index (Phi) is 12.5. The molecule has 4 N–H and O–H groups in total. The van der Waals surface area contributed by atoms with Gasteiger partial charge in [-0.25, -0.2) is 19.2 Å². The summed E-state index contributed by atoms with van der Waals surface area (Å²) in [5, 5.41) is 2.11. The molecule has 1 aliphatic carbocycles. The van der Waals surface area contributed by atoms with Gasteiger partial charge in [-0.05, 0) is 49.7 Å². The summed E-state index contributed by atoms with van der Waals surface area (Å²) in [6.45, 7) is 12.6. The van der Waals surface area contributed by atoms with Gasteiger partial charge in [-0.15, -0.1) is 11.8 Å². The molecule has 12 heteroatoms. The maximum atomic E-state index is 13.7. The first-order chi connectivity index (χ1) is 20.9. The minimum Gasteiger partial charge on any atom is -0.494 e. The molecule has 4 rings (SSSR count). The van der Waals surface area contributed by atoms with E-state index in [-0.39, 0.29) is 34.1 Å². The zero-order valence-electron chi connectivity index (χ0n) is 26.5. The largest absolute Gasteiger partial charge is 0.494 e. The van der Waals surface area contributed by atoms with Gasteiger partial charge in [0.15, 0.2) is 0 Å². The maximum absolute atomic E-state index is 13.7. The molecule has 9 nitrogen and oxygen atoms in total. The summed E-state index contributed by atoms with van der Waals surface area (Å²) in [5.41, 5.74) is 2.84. The van der Waals surface area contributed by atoms with Crippen LogP contribution in [0.25, 0.3) is 11.1 Å². The van der Waals surface area contributed by atoms with Crippen molar-refractivity contribution in [1.29, 1.82) is 0 Å². The van der Waals surface area contributed by atoms with E-state index in [0.29, 0.717) is 30.3 Å². The molecule has 44 heavy (non-hydrogen) atoms. The molecule has 0 radical (unpaired) electrons. The Morgan fingerprint density at radius 3 is 2.43 bits per heavy atom. The van der Waals surface area contributed by atoms with Gasteiger partial charge in [-0.1, -0.05) is 46.5 Å². The highest BCUT2D eigenvalue weighted by Crippen LogP contribution is 2.39. The van der Waals surface area contributed by atoms with Gasteiger partial charge in [0.05, 0.1) is 24.2 Å². The fourth-order valence-corrected chi connectivity index (χ4v) is 5.60. The third-order valence-electron chi connectivity index (χ3n) is 7.50. The number of pyridine rings is 2. The normalized spacial score (nSPS) is 18.0. The molecule has 0 spiro atoms. The van der Waals surface area contributed by atoms with Crippen molar-refractivity contribution < 1.29 is 23.1 Å². The SMILES string of the molecule is CC.COc1cnc(C(F)F)cc1-c1cc(N2CCC(C(C)(C)C)CC2=O)ncc1C(=O)NC(C)SC(C#CC1CC1)NN. The van der Waals surface area contributed by atoms with E-state index in [4.69, 9.17) is 10.6 Å². The van der Waals surface area contributed by atoms with Gasteiger partial charge in [0.1, 0.15) is 22.6 Å². The number of alkyl halides is 2. The number of thioether (sulfide) groups is 1. The maximum Gasteiger partial charge on any atom is 0.280 e. The number of piperidine rings is 1. The Labute approximate surface area is 263 Å². The molecule has 3 heterocycles. The highest BCUT2D eigenvalue weighted by atomic mass is 32.2. The lowest BCUT2D eigenvalue weighted by Crippen LogP contribution is -2.42. The van der Waals surface area contributed by atoms with E-state index in [1.165, 1.54) is 37.3 Å². The van der Waals surface area contributed by atoms with Crippen LogP contribution in [0, 0.1) is 29.1 Å². The van der Waals surface area contributed by atoms with Crippen LogP contribution in [0.5, 0.6) is 5.75 Å². The number of nitrogens with two attached hydrogens (primary N) is 1. The predicted octanol–water partition coefficient (Wildman–Crippen LogP) is 5.92. The number of carbonyl (C=O) groups is 2. The van der Waals surface area contributed by atoms with Gasteiger partial charge in [0.2, 0.25) is 5.91 Å². The lowest BCUT2D eigenvalue weighted by molar-refractivity contribution is -0.121. The number of rotatable bonds is 9. The minimum absolute atomic E-state index is 0.0189. The standard InChI is InChI=1S/C30H38F2N6O3S.C2H6/c1-17(42-26(37-33)9-8-18-6-7-18)36-29(40)22-15-35-25(38-11-10-19(12-27(38)39)30(2,3)4)14-20(22)21-13-23(28(31)32)34-16-24(21)41-5;1-2/h13-19,26,28,37H,6-7,10-12,33H2,1-5H3,(H,36,40);1-2H3. The fraction of sp³-hybridized carbons (Fsp3) is 0.562. The molecule has 2 aliphatic rings. The van der Waals surface area contributed by atoms with E-state index in [9.17, 15) is 18.4 Å². The first-order valence-corrected chi connectivity index (χ1v) is 15.9. The molecule has 3 unspecified atom stereocenters. The van der Waals surface area contributed by atoms with Crippen molar-refractivity contribution in [3.8, 4) is 28.7 Å². The molecule has 0 bridgehead atoms. The van der Waals surface area contributed by atoms with Crippen LogP contribution in [0.15, 0.2) is 24.5 Å².